The summed E-state index contributed by atoms with van der Waals surface area (Å²) in [7, 11) is 3.19. The highest BCUT2D eigenvalue weighted by atomic mass is 19.3. The van der Waals surface area contributed by atoms with Crippen LogP contribution in [0.5, 0.6) is 0 Å². The van der Waals surface area contributed by atoms with Gasteiger partial charge in [-0.15, -0.1) is 0 Å². The fourth-order valence-corrected chi connectivity index (χ4v) is 1.93. The maximum Gasteiger partial charge on any atom is 0.317 e. The summed E-state index contributed by atoms with van der Waals surface area (Å²) in [6.07, 6.45) is 0. The number of carbonyl (C=O) groups is 1. The van der Waals surface area contributed by atoms with Gasteiger partial charge in [-0.3, -0.25) is 9.69 Å². The molecule has 0 saturated carbocycles. The molecule has 1 saturated heterocycles. The zero-order chi connectivity index (χ0) is 11.6. The molecular formula is C9H16F2N2O2. The number of halogens is 2. The Morgan fingerprint density at radius 2 is 2.27 bits per heavy atom. The van der Waals surface area contributed by atoms with Crippen LogP contribution >= 0.6 is 0 Å². The van der Waals surface area contributed by atoms with Gasteiger partial charge in [0.25, 0.3) is 5.92 Å². The van der Waals surface area contributed by atoms with Crippen molar-refractivity contribution in [2.45, 2.75) is 5.92 Å². The Kier molecular flexibility index (Phi) is 3.62. The first-order valence-electron chi connectivity index (χ1n) is 4.78. The van der Waals surface area contributed by atoms with Gasteiger partial charge in [0.05, 0.1) is 13.1 Å². The third-order valence-corrected chi connectivity index (χ3v) is 2.55. The van der Waals surface area contributed by atoms with Crippen LogP contribution in [-0.2, 0) is 4.79 Å². The first-order valence-corrected chi connectivity index (χ1v) is 4.78. The fraction of sp³-hybridized carbons (Fsp3) is 0.889. The lowest BCUT2D eigenvalue weighted by atomic mass is 10.1. The predicted octanol–water partition coefficient (Wildman–Crippen LogP) is 0.200. The van der Waals surface area contributed by atoms with Gasteiger partial charge < -0.3 is 10.0 Å². The molecule has 0 radical (unpaired) electrons. The van der Waals surface area contributed by atoms with Crippen molar-refractivity contribution < 1.29 is 18.7 Å². The van der Waals surface area contributed by atoms with E-state index < -0.39 is 17.8 Å². The smallest absolute Gasteiger partial charge is 0.317 e. The second kappa shape index (κ2) is 4.40. The van der Waals surface area contributed by atoms with Gasteiger partial charge in [-0.1, -0.05) is 0 Å². The molecule has 1 aliphatic rings. The van der Waals surface area contributed by atoms with Crippen LogP contribution in [-0.4, -0.2) is 67.1 Å². The Balaban J connectivity index is 2.47. The van der Waals surface area contributed by atoms with Crippen LogP contribution in [0.3, 0.4) is 0 Å². The molecule has 0 aromatic carbocycles. The van der Waals surface area contributed by atoms with Crippen LogP contribution in [0, 0.1) is 5.92 Å². The average Bonchev–Trinajstić information content (AvgIpc) is 2.22. The van der Waals surface area contributed by atoms with E-state index in [1.54, 1.807) is 19.0 Å². The quantitative estimate of drug-likeness (QED) is 0.738. The molecule has 1 aliphatic heterocycles. The van der Waals surface area contributed by atoms with Crippen molar-refractivity contribution in [1.29, 1.82) is 0 Å². The highest BCUT2D eigenvalue weighted by Gasteiger charge is 2.46. The molecule has 1 rings (SSSR count). The van der Waals surface area contributed by atoms with Crippen LogP contribution < -0.4 is 0 Å². The van der Waals surface area contributed by atoms with Gasteiger partial charge in [0.1, 0.15) is 0 Å². The number of carboxylic acid groups (broad SMARTS) is 1. The minimum Gasteiger partial charge on any atom is -0.480 e. The second-order valence-electron chi connectivity index (χ2n) is 4.25. The molecule has 1 N–H and O–H groups in total. The zero-order valence-electron chi connectivity index (χ0n) is 8.91. The van der Waals surface area contributed by atoms with Gasteiger partial charge >= 0.3 is 5.97 Å². The Labute approximate surface area is 87.5 Å². The second-order valence-corrected chi connectivity index (χ2v) is 4.25. The SMILES string of the molecule is CN(CC(=O)O)CC1CN(C)CC1(F)F. The lowest BCUT2D eigenvalue weighted by Gasteiger charge is -2.23. The molecule has 6 heteroatoms. The topological polar surface area (TPSA) is 43.8 Å². The summed E-state index contributed by atoms with van der Waals surface area (Å²) >= 11 is 0. The molecule has 1 unspecified atom stereocenters. The molecule has 0 spiro atoms. The normalized spacial score (nSPS) is 26.1. The van der Waals surface area contributed by atoms with Crippen molar-refractivity contribution in [3.05, 3.63) is 0 Å². The fourth-order valence-electron chi connectivity index (χ4n) is 1.93. The van der Waals surface area contributed by atoms with Crippen molar-refractivity contribution in [1.82, 2.24) is 9.80 Å². The summed E-state index contributed by atoms with van der Waals surface area (Å²) < 4.78 is 26.7. The summed E-state index contributed by atoms with van der Waals surface area (Å²) in [5.41, 5.74) is 0. The molecule has 1 heterocycles. The van der Waals surface area contributed by atoms with E-state index in [4.69, 9.17) is 5.11 Å². The average molecular weight is 222 g/mol. The standard InChI is InChI=1S/C9H16F2N2O2/c1-12(5-8(14)15)3-7-4-13(2)6-9(7,10)11/h7H,3-6H2,1-2H3,(H,14,15). The minimum atomic E-state index is -2.71. The Morgan fingerprint density at radius 1 is 1.67 bits per heavy atom. The molecule has 1 atom stereocenters. The number of hydrogen-bond donors (Lipinski definition) is 1. The number of hydrogen-bond acceptors (Lipinski definition) is 3. The molecule has 0 aromatic rings. The first kappa shape index (κ1) is 12.3. The largest absolute Gasteiger partial charge is 0.480 e. The van der Waals surface area contributed by atoms with E-state index in [9.17, 15) is 13.6 Å². The zero-order valence-corrected chi connectivity index (χ0v) is 8.91. The third kappa shape index (κ3) is 3.39. The highest BCUT2D eigenvalue weighted by molar-refractivity contribution is 5.68. The summed E-state index contributed by atoms with van der Waals surface area (Å²) in [5, 5.41) is 8.50. The van der Waals surface area contributed by atoms with Crippen LogP contribution in [0.2, 0.25) is 0 Å². The number of likely N-dealkylation sites (tertiary alicyclic amines) is 1. The van der Waals surface area contributed by atoms with E-state index in [1.807, 2.05) is 0 Å². The monoisotopic (exact) mass is 222 g/mol. The van der Waals surface area contributed by atoms with E-state index in [-0.39, 0.29) is 19.6 Å². The van der Waals surface area contributed by atoms with Crippen LogP contribution in [0.1, 0.15) is 0 Å². The molecule has 15 heavy (non-hydrogen) atoms. The number of nitrogens with zero attached hydrogens (tertiary/aromatic N) is 2. The maximum atomic E-state index is 13.3. The van der Waals surface area contributed by atoms with Gasteiger partial charge in [-0.2, -0.15) is 0 Å². The third-order valence-electron chi connectivity index (χ3n) is 2.55. The molecule has 0 bridgehead atoms. The lowest BCUT2D eigenvalue weighted by molar-refractivity contribution is -0.138. The van der Waals surface area contributed by atoms with Gasteiger partial charge in [0, 0.05) is 19.0 Å². The van der Waals surface area contributed by atoms with Crippen molar-refractivity contribution >= 4 is 5.97 Å². The molecule has 0 aliphatic carbocycles. The van der Waals surface area contributed by atoms with E-state index >= 15 is 0 Å². The Morgan fingerprint density at radius 3 is 2.67 bits per heavy atom. The van der Waals surface area contributed by atoms with E-state index in [0.29, 0.717) is 6.54 Å². The van der Waals surface area contributed by atoms with Crippen molar-refractivity contribution in [2.24, 2.45) is 5.92 Å². The van der Waals surface area contributed by atoms with Crippen molar-refractivity contribution in [3.8, 4) is 0 Å². The number of carboxylic acids is 1. The molecular weight excluding hydrogens is 206 g/mol. The molecule has 1 fully saturated rings. The number of likely N-dealkylation sites (N-methyl/N-ethyl adjacent to an activating group) is 1. The highest BCUT2D eigenvalue weighted by Crippen LogP contribution is 2.32. The Bertz CT molecular complexity index is 248. The van der Waals surface area contributed by atoms with E-state index in [0.717, 1.165) is 0 Å². The van der Waals surface area contributed by atoms with Crippen LogP contribution in [0.15, 0.2) is 0 Å². The van der Waals surface area contributed by atoms with Gasteiger partial charge in [-0.25, -0.2) is 8.78 Å². The summed E-state index contributed by atoms with van der Waals surface area (Å²) in [6, 6.07) is 0. The van der Waals surface area contributed by atoms with Gasteiger partial charge in [0.2, 0.25) is 0 Å². The summed E-state index contributed by atoms with van der Waals surface area (Å²) in [4.78, 5) is 13.4. The Hall–Kier alpha value is -0.750. The van der Waals surface area contributed by atoms with Crippen LogP contribution in [0.25, 0.3) is 0 Å². The lowest BCUT2D eigenvalue weighted by Crippen LogP contribution is -2.38. The predicted molar refractivity (Wildman–Crippen MR) is 51.1 cm³/mol. The number of alkyl halides is 2. The summed E-state index contributed by atoms with van der Waals surface area (Å²) in [5.74, 6) is -4.47. The van der Waals surface area contributed by atoms with Gasteiger partial charge in [0.15, 0.2) is 0 Å². The van der Waals surface area contributed by atoms with E-state index in [2.05, 4.69) is 0 Å². The van der Waals surface area contributed by atoms with Crippen LogP contribution in [0.4, 0.5) is 8.78 Å². The van der Waals surface area contributed by atoms with Crippen molar-refractivity contribution in [2.75, 3.05) is 40.3 Å². The van der Waals surface area contributed by atoms with Gasteiger partial charge in [-0.05, 0) is 14.1 Å². The minimum absolute atomic E-state index is 0.115. The van der Waals surface area contributed by atoms with E-state index in [1.165, 1.54) is 4.90 Å². The molecule has 0 aromatic heterocycles. The summed E-state index contributed by atoms with van der Waals surface area (Å²) in [6.45, 7) is -0.00449. The first-order chi connectivity index (χ1) is 6.81. The maximum absolute atomic E-state index is 13.3. The number of aliphatic carboxylic acids is 1. The molecule has 0 amide bonds. The molecule has 4 nitrogen and oxygen atoms in total. The molecule has 88 valence electrons. The number of rotatable bonds is 4. The van der Waals surface area contributed by atoms with Crippen molar-refractivity contribution in [3.63, 3.8) is 0 Å².